The van der Waals surface area contributed by atoms with Crippen molar-refractivity contribution in [1.29, 1.82) is 0 Å². The van der Waals surface area contributed by atoms with Gasteiger partial charge in [0.15, 0.2) is 5.69 Å². The second-order valence-electron chi connectivity index (χ2n) is 3.05. The number of rotatable bonds is 2. The van der Waals surface area contributed by atoms with Crippen LogP contribution in [0.1, 0.15) is 10.5 Å². The number of ether oxygens (including phenoxy) is 1. The monoisotopic (exact) mass is 210 g/mol. The average Bonchev–Trinajstić information content (AvgIpc) is 2.30. The summed E-state index contributed by atoms with van der Waals surface area (Å²) in [6, 6.07) is 0. The summed E-state index contributed by atoms with van der Waals surface area (Å²) in [4.78, 5) is 16.4. The van der Waals surface area contributed by atoms with Crippen molar-refractivity contribution in [1.82, 2.24) is 15.2 Å². The molecule has 0 bridgehead atoms. The zero-order valence-electron chi connectivity index (χ0n) is 7.96. The lowest BCUT2D eigenvalue weighted by Crippen LogP contribution is -2.37. The molecule has 1 saturated heterocycles. The lowest BCUT2D eigenvalue weighted by Gasteiger charge is -2.26. The van der Waals surface area contributed by atoms with Crippen molar-refractivity contribution in [3.05, 3.63) is 11.9 Å². The van der Waals surface area contributed by atoms with Crippen LogP contribution < -0.4 is 4.90 Å². The number of hydrogen-bond acceptors (Lipinski definition) is 6. The van der Waals surface area contributed by atoms with Crippen molar-refractivity contribution in [2.24, 2.45) is 0 Å². The van der Waals surface area contributed by atoms with E-state index in [-0.39, 0.29) is 5.69 Å². The normalized spacial score (nSPS) is 16.4. The van der Waals surface area contributed by atoms with Crippen molar-refractivity contribution in [2.45, 2.75) is 0 Å². The third-order valence-corrected chi connectivity index (χ3v) is 2.06. The maximum absolute atomic E-state index is 10.7. The predicted octanol–water partition coefficient (Wildman–Crippen LogP) is -0.594. The number of carbonyl (C=O) groups is 1. The Hall–Kier alpha value is -1.76. The van der Waals surface area contributed by atoms with Crippen LogP contribution in [-0.4, -0.2) is 52.6 Å². The molecule has 1 aromatic heterocycles. The zero-order chi connectivity index (χ0) is 10.7. The number of anilines is 1. The number of morpholine rings is 1. The SMILES string of the molecule is O=C(O)c1cnnc(N2CCOCC2)n1. The topological polar surface area (TPSA) is 88.4 Å². The van der Waals surface area contributed by atoms with Crippen molar-refractivity contribution in [3.63, 3.8) is 0 Å². The molecule has 0 saturated carbocycles. The maximum atomic E-state index is 10.7. The summed E-state index contributed by atoms with van der Waals surface area (Å²) < 4.78 is 5.16. The molecule has 1 aromatic rings. The molecule has 1 aliphatic rings. The van der Waals surface area contributed by atoms with Gasteiger partial charge in [0, 0.05) is 13.1 Å². The van der Waals surface area contributed by atoms with E-state index in [2.05, 4.69) is 15.2 Å². The number of carboxylic acids is 1. The fraction of sp³-hybridized carbons (Fsp3) is 0.500. The second kappa shape index (κ2) is 4.18. The third-order valence-electron chi connectivity index (χ3n) is 2.06. The number of aromatic carboxylic acids is 1. The molecule has 7 heteroatoms. The minimum Gasteiger partial charge on any atom is -0.476 e. The van der Waals surface area contributed by atoms with Crippen molar-refractivity contribution in [2.75, 3.05) is 31.2 Å². The van der Waals surface area contributed by atoms with E-state index in [4.69, 9.17) is 9.84 Å². The van der Waals surface area contributed by atoms with Crippen molar-refractivity contribution < 1.29 is 14.6 Å². The quantitative estimate of drug-likeness (QED) is 0.697. The maximum Gasteiger partial charge on any atom is 0.356 e. The van der Waals surface area contributed by atoms with Gasteiger partial charge < -0.3 is 14.7 Å². The Kier molecular flexibility index (Phi) is 2.72. The Morgan fingerprint density at radius 2 is 2.20 bits per heavy atom. The van der Waals surface area contributed by atoms with Crippen molar-refractivity contribution in [3.8, 4) is 0 Å². The lowest BCUT2D eigenvalue weighted by molar-refractivity contribution is 0.0689. The molecule has 2 heterocycles. The third kappa shape index (κ3) is 2.18. The number of carboxylic acid groups (broad SMARTS) is 1. The molecule has 0 atom stereocenters. The largest absolute Gasteiger partial charge is 0.476 e. The van der Waals surface area contributed by atoms with E-state index < -0.39 is 5.97 Å². The Labute approximate surface area is 85.7 Å². The highest BCUT2D eigenvalue weighted by molar-refractivity contribution is 5.85. The van der Waals surface area contributed by atoms with Gasteiger partial charge in [-0.1, -0.05) is 0 Å². The minimum absolute atomic E-state index is 0.0912. The van der Waals surface area contributed by atoms with Gasteiger partial charge in [0.25, 0.3) is 0 Å². The molecule has 0 radical (unpaired) electrons. The molecule has 0 aromatic carbocycles. The van der Waals surface area contributed by atoms with Crippen LogP contribution in [0.15, 0.2) is 6.20 Å². The first-order valence-electron chi connectivity index (χ1n) is 4.53. The number of nitrogens with zero attached hydrogens (tertiary/aromatic N) is 4. The summed E-state index contributed by atoms with van der Waals surface area (Å²) in [6.45, 7) is 2.51. The Balaban J connectivity index is 2.19. The first-order valence-corrected chi connectivity index (χ1v) is 4.53. The lowest BCUT2D eigenvalue weighted by atomic mass is 10.4. The van der Waals surface area contributed by atoms with Gasteiger partial charge in [-0.15, -0.1) is 5.10 Å². The smallest absolute Gasteiger partial charge is 0.356 e. The highest BCUT2D eigenvalue weighted by Gasteiger charge is 2.16. The van der Waals surface area contributed by atoms with Crippen LogP contribution in [0.2, 0.25) is 0 Å². The Bertz CT molecular complexity index is 365. The Morgan fingerprint density at radius 3 is 2.87 bits per heavy atom. The van der Waals surface area contributed by atoms with Crippen LogP contribution in [0, 0.1) is 0 Å². The fourth-order valence-corrected chi connectivity index (χ4v) is 1.29. The summed E-state index contributed by atoms with van der Waals surface area (Å²) in [5.41, 5.74) is -0.0912. The summed E-state index contributed by atoms with van der Waals surface area (Å²) in [5.74, 6) is -0.752. The first-order chi connectivity index (χ1) is 7.27. The molecule has 0 amide bonds. The summed E-state index contributed by atoms with van der Waals surface area (Å²) in [7, 11) is 0. The molecule has 0 aliphatic carbocycles. The molecule has 0 unspecified atom stereocenters. The van der Waals surface area contributed by atoms with E-state index in [0.29, 0.717) is 32.3 Å². The standard InChI is InChI=1S/C8H10N4O3/c13-7(14)6-5-9-11-8(10-6)12-1-3-15-4-2-12/h5H,1-4H2,(H,13,14). The molecule has 1 fully saturated rings. The molecule has 80 valence electrons. The number of aromatic nitrogens is 3. The van der Waals surface area contributed by atoms with E-state index in [9.17, 15) is 4.79 Å². The molecule has 1 N–H and O–H groups in total. The Morgan fingerprint density at radius 1 is 1.47 bits per heavy atom. The summed E-state index contributed by atoms with van der Waals surface area (Å²) in [6.07, 6.45) is 1.13. The molecular formula is C8H10N4O3. The van der Waals surface area contributed by atoms with Gasteiger partial charge in [0.1, 0.15) is 0 Å². The van der Waals surface area contributed by atoms with E-state index in [1.54, 1.807) is 0 Å². The van der Waals surface area contributed by atoms with E-state index in [0.717, 1.165) is 6.20 Å². The van der Waals surface area contributed by atoms with E-state index in [1.165, 1.54) is 0 Å². The predicted molar refractivity (Wildman–Crippen MR) is 49.8 cm³/mol. The van der Waals surface area contributed by atoms with Crippen LogP contribution >= 0.6 is 0 Å². The second-order valence-corrected chi connectivity index (χ2v) is 3.05. The zero-order valence-corrected chi connectivity index (χ0v) is 7.96. The fourth-order valence-electron chi connectivity index (χ4n) is 1.29. The molecule has 2 rings (SSSR count). The van der Waals surface area contributed by atoms with Crippen LogP contribution in [0.3, 0.4) is 0 Å². The van der Waals surface area contributed by atoms with Gasteiger partial charge in [-0.3, -0.25) is 0 Å². The molecule has 1 aliphatic heterocycles. The minimum atomic E-state index is -1.10. The van der Waals surface area contributed by atoms with Gasteiger partial charge in [0.05, 0.1) is 19.4 Å². The molecule has 15 heavy (non-hydrogen) atoms. The van der Waals surface area contributed by atoms with Crippen molar-refractivity contribution >= 4 is 11.9 Å². The summed E-state index contributed by atoms with van der Waals surface area (Å²) >= 11 is 0. The van der Waals surface area contributed by atoms with E-state index >= 15 is 0 Å². The molecule has 7 nitrogen and oxygen atoms in total. The average molecular weight is 210 g/mol. The van der Waals surface area contributed by atoms with Gasteiger partial charge >= 0.3 is 5.97 Å². The van der Waals surface area contributed by atoms with Crippen LogP contribution in [0.4, 0.5) is 5.95 Å². The van der Waals surface area contributed by atoms with Gasteiger partial charge in [-0.2, -0.15) is 5.10 Å². The highest BCUT2D eigenvalue weighted by Crippen LogP contribution is 2.08. The van der Waals surface area contributed by atoms with Gasteiger partial charge in [-0.25, -0.2) is 9.78 Å². The number of hydrogen-bond donors (Lipinski definition) is 1. The molecular weight excluding hydrogens is 200 g/mol. The van der Waals surface area contributed by atoms with Crippen LogP contribution in [-0.2, 0) is 4.74 Å². The van der Waals surface area contributed by atoms with Gasteiger partial charge in [-0.05, 0) is 0 Å². The molecule has 0 spiro atoms. The van der Waals surface area contributed by atoms with Crippen LogP contribution in [0.5, 0.6) is 0 Å². The van der Waals surface area contributed by atoms with Crippen LogP contribution in [0.25, 0.3) is 0 Å². The van der Waals surface area contributed by atoms with E-state index in [1.807, 2.05) is 4.90 Å². The highest BCUT2D eigenvalue weighted by atomic mass is 16.5. The van der Waals surface area contributed by atoms with Gasteiger partial charge in [0.2, 0.25) is 5.95 Å². The summed E-state index contributed by atoms with van der Waals surface area (Å²) in [5, 5.41) is 16.1. The first kappa shape index (κ1) is 9.78.